The van der Waals surface area contributed by atoms with Gasteiger partial charge >= 0.3 is 0 Å². The van der Waals surface area contributed by atoms with Crippen LogP contribution in [0.5, 0.6) is 11.5 Å². The van der Waals surface area contributed by atoms with Crippen LogP contribution in [-0.4, -0.2) is 23.7 Å². The van der Waals surface area contributed by atoms with Crippen LogP contribution in [0.1, 0.15) is 28.4 Å². The maximum absolute atomic E-state index is 12.0. The minimum atomic E-state index is -0.303. The molecule has 0 saturated heterocycles. The second-order valence-electron chi connectivity index (χ2n) is 5.99. The molecule has 0 saturated carbocycles. The third-order valence-corrected chi connectivity index (χ3v) is 4.43. The Balaban J connectivity index is 1.65. The maximum atomic E-state index is 12.0. The average molecular weight is 454 g/mol. The average Bonchev–Trinajstić information content (AvgIpc) is 2.75. The van der Waals surface area contributed by atoms with Gasteiger partial charge in [0.05, 0.1) is 12.8 Å². The molecule has 2 aromatic carbocycles. The molecule has 3 aromatic rings. The van der Waals surface area contributed by atoms with Crippen molar-refractivity contribution in [3.8, 4) is 11.5 Å². The van der Waals surface area contributed by atoms with Gasteiger partial charge in [0.25, 0.3) is 5.91 Å². The Morgan fingerprint density at radius 2 is 1.83 bits per heavy atom. The number of ether oxygens (including phenoxy) is 2. The van der Waals surface area contributed by atoms with E-state index in [1.807, 2.05) is 49.4 Å². The van der Waals surface area contributed by atoms with E-state index in [-0.39, 0.29) is 5.91 Å². The lowest BCUT2D eigenvalue weighted by molar-refractivity contribution is 0.0955. The van der Waals surface area contributed by atoms with Crippen molar-refractivity contribution in [2.75, 3.05) is 6.61 Å². The summed E-state index contributed by atoms with van der Waals surface area (Å²) in [6, 6.07) is 16.7. The molecule has 1 amide bonds. The first-order valence-corrected chi connectivity index (χ1v) is 9.82. The number of carbonyl (C=O) groups is 1. The monoisotopic (exact) mass is 453 g/mol. The van der Waals surface area contributed by atoms with Crippen molar-refractivity contribution in [2.24, 2.45) is 5.10 Å². The lowest BCUT2D eigenvalue weighted by atomic mass is 10.2. The van der Waals surface area contributed by atoms with Gasteiger partial charge in [0.15, 0.2) is 11.5 Å². The highest BCUT2D eigenvalue weighted by molar-refractivity contribution is 9.10. The van der Waals surface area contributed by atoms with Gasteiger partial charge in [-0.3, -0.25) is 9.78 Å². The van der Waals surface area contributed by atoms with Crippen LogP contribution in [0.25, 0.3) is 0 Å². The Bertz CT molecular complexity index is 976. The molecule has 29 heavy (non-hydrogen) atoms. The summed E-state index contributed by atoms with van der Waals surface area (Å²) in [5.41, 5.74) is 4.81. The van der Waals surface area contributed by atoms with E-state index in [0.29, 0.717) is 30.3 Å². The van der Waals surface area contributed by atoms with Crippen molar-refractivity contribution in [1.82, 2.24) is 10.4 Å². The molecule has 1 aromatic heterocycles. The number of rotatable bonds is 8. The minimum Gasteiger partial charge on any atom is -0.490 e. The molecule has 0 atom stereocenters. The summed E-state index contributed by atoms with van der Waals surface area (Å²) in [6.07, 6.45) is 4.67. The molecule has 7 heteroatoms. The molecular formula is C22H20BrN3O3. The minimum absolute atomic E-state index is 0.303. The highest BCUT2D eigenvalue weighted by Crippen LogP contribution is 2.29. The third kappa shape index (κ3) is 6.15. The zero-order valence-electron chi connectivity index (χ0n) is 15.8. The van der Waals surface area contributed by atoms with Gasteiger partial charge in [0.2, 0.25) is 0 Å². The standard InChI is InChI=1S/C22H20BrN3O3/c1-2-28-21-13-17(14-25-26-22(27)18-9-11-24-12-10-18)5-8-20(21)29-15-16-3-6-19(23)7-4-16/h3-14H,2,15H2,1H3,(H,26,27)/b25-14-. The van der Waals surface area contributed by atoms with E-state index in [2.05, 4.69) is 31.4 Å². The summed E-state index contributed by atoms with van der Waals surface area (Å²) in [4.78, 5) is 15.9. The molecule has 3 rings (SSSR count). The molecule has 0 bridgehead atoms. The first kappa shape index (κ1) is 20.5. The maximum Gasteiger partial charge on any atom is 0.271 e. The van der Waals surface area contributed by atoms with Gasteiger partial charge in [0, 0.05) is 22.4 Å². The highest BCUT2D eigenvalue weighted by Gasteiger charge is 2.07. The van der Waals surface area contributed by atoms with Gasteiger partial charge in [0.1, 0.15) is 6.61 Å². The number of hydrogen-bond acceptors (Lipinski definition) is 5. The van der Waals surface area contributed by atoms with Crippen LogP contribution in [0.3, 0.4) is 0 Å². The van der Waals surface area contributed by atoms with Crippen LogP contribution in [-0.2, 0) is 6.61 Å². The first-order chi connectivity index (χ1) is 14.2. The number of nitrogens with one attached hydrogen (secondary N) is 1. The SMILES string of the molecule is CCOc1cc(/C=N\NC(=O)c2ccncc2)ccc1OCc1ccc(Br)cc1. The number of hydrogen-bond donors (Lipinski definition) is 1. The number of pyridine rings is 1. The zero-order chi connectivity index (χ0) is 20.5. The Labute approximate surface area is 177 Å². The van der Waals surface area contributed by atoms with E-state index in [4.69, 9.17) is 9.47 Å². The lowest BCUT2D eigenvalue weighted by Crippen LogP contribution is -2.17. The summed E-state index contributed by atoms with van der Waals surface area (Å²) in [7, 11) is 0. The topological polar surface area (TPSA) is 72.8 Å². The van der Waals surface area contributed by atoms with Gasteiger partial charge in [-0.1, -0.05) is 28.1 Å². The number of carbonyl (C=O) groups excluding carboxylic acids is 1. The number of amides is 1. The Morgan fingerprint density at radius 3 is 2.55 bits per heavy atom. The van der Waals surface area contributed by atoms with Gasteiger partial charge in [-0.15, -0.1) is 0 Å². The molecule has 6 nitrogen and oxygen atoms in total. The Kier molecular flexibility index (Phi) is 7.35. The number of benzene rings is 2. The van der Waals surface area contributed by atoms with Crippen molar-refractivity contribution in [2.45, 2.75) is 13.5 Å². The van der Waals surface area contributed by atoms with Crippen LogP contribution in [0.2, 0.25) is 0 Å². The summed E-state index contributed by atoms with van der Waals surface area (Å²) < 4.78 is 12.6. The van der Waals surface area contributed by atoms with Crippen LogP contribution in [0, 0.1) is 0 Å². The molecule has 0 aliphatic heterocycles. The summed E-state index contributed by atoms with van der Waals surface area (Å²) >= 11 is 3.42. The lowest BCUT2D eigenvalue weighted by Gasteiger charge is -2.12. The smallest absolute Gasteiger partial charge is 0.271 e. The first-order valence-electron chi connectivity index (χ1n) is 9.03. The molecule has 1 heterocycles. The fourth-order valence-corrected chi connectivity index (χ4v) is 2.73. The molecule has 0 fully saturated rings. The Hall–Kier alpha value is -3.19. The number of halogens is 1. The predicted molar refractivity (Wildman–Crippen MR) is 115 cm³/mol. The number of hydrazone groups is 1. The van der Waals surface area contributed by atoms with Gasteiger partial charge in [-0.25, -0.2) is 5.43 Å². The molecule has 148 valence electrons. The van der Waals surface area contributed by atoms with E-state index in [0.717, 1.165) is 15.6 Å². The highest BCUT2D eigenvalue weighted by atomic mass is 79.9. The largest absolute Gasteiger partial charge is 0.490 e. The van der Waals surface area contributed by atoms with E-state index in [9.17, 15) is 4.79 Å². The molecular weight excluding hydrogens is 434 g/mol. The fraction of sp³-hybridized carbons (Fsp3) is 0.136. The third-order valence-electron chi connectivity index (χ3n) is 3.90. The van der Waals surface area contributed by atoms with Crippen LogP contribution in [0.4, 0.5) is 0 Å². The van der Waals surface area contributed by atoms with Crippen molar-refractivity contribution in [1.29, 1.82) is 0 Å². The number of aromatic nitrogens is 1. The zero-order valence-corrected chi connectivity index (χ0v) is 17.4. The summed E-state index contributed by atoms with van der Waals surface area (Å²) in [5.74, 6) is 0.963. The van der Waals surface area contributed by atoms with Gasteiger partial charge in [-0.2, -0.15) is 5.10 Å². The van der Waals surface area contributed by atoms with Crippen molar-refractivity contribution in [3.63, 3.8) is 0 Å². The second-order valence-corrected chi connectivity index (χ2v) is 6.91. The van der Waals surface area contributed by atoms with E-state index in [1.165, 1.54) is 0 Å². The van der Waals surface area contributed by atoms with E-state index >= 15 is 0 Å². The molecule has 0 spiro atoms. The fourth-order valence-electron chi connectivity index (χ4n) is 2.47. The molecule has 0 aliphatic carbocycles. The molecule has 1 N–H and O–H groups in total. The van der Waals surface area contributed by atoms with Crippen LogP contribution >= 0.6 is 15.9 Å². The summed E-state index contributed by atoms with van der Waals surface area (Å²) in [6.45, 7) is 2.85. The van der Waals surface area contributed by atoms with E-state index in [1.54, 1.807) is 30.7 Å². The van der Waals surface area contributed by atoms with Gasteiger partial charge in [-0.05, 0) is 60.5 Å². The molecule has 0 radical (unpaired) electrons. The van der Waals surface area contributed by atoms with E-state index < -0.39 is 0 Å². The molecule has 0 aliphatic rings. The summed E-state index contributed by atoms with van der Waals surface area (Å²) in [5, 5.41) is 4.00. The van der Waals surface area contributed by atoms with Crippen LogP contribution in [0.15, 0.2) is 76.6 Å². The quantitative estimate of drug-likeness (QED) is 0.399. The normalized spacial score (nSPS) is 10.7. The van der Waals surface area contributed by atoms with Crippen molar-refractivity contribution in [3.05, 3.63) is 88.2 Å². The Morgan fingerprint density at radius 1 is 1.07 bits per heavy atom. The van der Waals surface area contributed by atoms with Gasteiger partial charge < -0.3 is 9.47 Å². The molecule has 0 unspecified atom stereocenters. The number of nitrogens with zero attached hydrogens (tertiary/aromatic N) is 2. The van der Waals surface area contributed by atoms with Crippen molar-refractivity contribution < 1.29 is 14.3 Å². The predicted octanol–water partition coefficient (Wildman–Crippen LogP) is 4.59. The van der Waals surface area contributed by atoms with Crippen molar-refractivity contribution >= 4 is 28.1 Å². The van der Waals surface area contributed by atoms with Crippen LogP contribution < -0.4 is 14.9 Å². The second kappa shape index (κ2) is 10.4.